The largest absolute Gasteiger partial charge is 0.503 e. The first-order chi connectivity index (χ1) is 13.5. The van der Waals surface area contributed by atoms with E-state index in [1.165, 1.54) is 6.92 Å². The number of nitrogens with one attached hydrogen (secondary N) is 1. The number of aromatic nitrogens is 1. The fourth-order valence-electron chi connectivity index (χ4n) is 3.81. The summed E-state index contributed by atoms with van der Waals surface area (Å²) < 4.78 is 0. The quantitative estimate of drug-likeness (QED) is 0.675. The van der Waals surface area contributed by atoms with Gasteiger partial charge in [-0.3, -0.25) is 9.59 Å². The fraction of sp³-hybridized carbons (Fsp3) is 0.182. The van der Waals surface area contributed by atoms with Crippen LogP contribution in [0.2, 0.25) is 5.02 Å². The van der Waals surface area contributed by atoms with Crippen LogP contribution in [0.3, 0.4) is 0 Å². The molecule has 142 valence electrons. The number of aliphatic hydroxyl groups excluding tert-OH is 1. The third kappa shape index (κ3) is 3.08. The summed E-state index contributed by atoms with van der Waals surface area (Å²) in [6.45, 7) is 1.74. The molecule has 0 aliphatic carbocycles. The first-order valence-corrected chi connectivity index (χ1v) is 9.40. The lowest BCUT2D eigenvalue weighted by molar-refractivity contribution is -0.129. The molecule has 1 atom stereocenters. The summed E-state index contributed by atoms with van der Waals surface area (Å²) in [4.78, 5) is 29.7. The average molecular weight is 395 g/mol. The van der Waals surface area contributed by atoms with E-state index in [-0.39, 0.29) is 11.4 Å². The molecule has 5 nitrogen and oxygen atoms in total. The fourth-order valence-corrected chi connectivity index (χ4v) is 3.94. The van der Waals surface area contributed by atoms with Gasteiger partial charge in [0.05, 0.1) is 11.6 Å². The Bertz CT molecular complexity index is 1100. The Labute approximate surface area is 167 Å². The van der Waals surface area contributed by atoms with Crippen LogP contribution in [0.25, 0.3) is 10.9 Å². The topological polar surface area (TPSA) is 73.4 Å². The number of benzene rings is 2. The van der Waals surface area contributed by atoms with E-state index in [1.807, 2.05) is 30.5 Å². The molecule has 0 saturated carbocycles. The number of fused-ring (bicyclic) bond motifs is 1. The molecule has 0 bridgehead atoms. The number of nitrogens with zero attached hydrogens (tertiary/aromatic N) is 1. The van der Waals surface area contributed by atoms with Gasteiger partial charge < -0.3 is 15.0 Å². The van der Waals surface area contributed by atoms with Crippen molar-refractivity contribution in [3.8, 4) is 0 Å². The van der Waals surface area contributed by atoms with Crippen LogP contribution in [-0.2, 0) is 16.0 Å². The number of hydrogen-bond acceptors (Lipinski definition) is 3. The van der Waals surface area contributed by atoms with Crippen molar-refractivity contribution in [2.75, 3.05) is 6.54 Å². The van der Waals surface area contributed by atoms with Crippen molar-refractivity contribution in [2.24, 2.45) is 0 Å². The summed E-state index contributed by atoms with van der Waals surface area (Å²) in [5, 5.41) is 12.0. The van der Waals surface area contributed by atoms with E-state index >= 15 is 0 Å². The van der Waals surface area contributed by atoms with Crippen molar-refractivity contribution in [3.63, 3.8) is 0 Å². The number of aromatic amines is 1. The van der Waals surface area contributed by atoms with E-state index < -0.39 is 17.7 Å². The maximum atomic E-state index is 12.7. The summed E-state index contributed by atoms with van der Waals surface area (Å²) >= 11 is 5.98. The van der Waals surface area contributed by atoms with Crippen LogP contribution in [0.15, 0.2) is 66.1 Å². The third-order valence-corrected chi connectivity index (χ3v) is 5.42. The predicted molar refractivity (Wildman–Crippen MR) is 108 cm³/mol. The minimum Gasteiger partial charge on any atom is -0.503 e. The molecular weight excluding hydrogens is 376 g/mol. The van der Waals surface area contributed by atoms with Gasteiger partial charge in [0, 0.05) is 28.7 Å². The summed E-state index contributed by atoms with van der Waals surface area (Å²) in [6.07, 6.45) is 2.53. The smallest absolute Gasteiger partial charge is 0.290 e. The Morgan fingerprint density at radius 1 is 1.18 bits per heavy atom. The number of hydrogen-bond donors (Lipinski definition) is 2. The minimum atomic E-state index is -0.618. The van der Waals surface area contributed by atoms with E-state index in [9.17, 15) is 14.7 Å². The molecule has 1 aliphatic rings. The average Bonchev–Trinajstić information content (AvgIpc) is 3.20. The van der Waals surface area contributed by atoms with Gasteiger partial charge in [-0.25, -0.2) is 0 Å². The number of carbonyl (C=O) groups excluding carboxylic acids is 2. The third-order valence-electron chi connectivity index (χ3n) is 5.17. The molecule has 1 aliphatic heterocycles. The number of halogens is 1. The van der Waals surface area contributed by atoms with E-state index in [1.54, 1.807) is 29.2 Å². The normalized spacial score (nSPS) is 17.0. The predicted octanol–water partition coefficient (Wildman–Crippen LogP) is 4.35. The van der Waals surface area contributed by atoms with Crippen molar-refractivity contribution in [2.45, 2.75) is 19.4 Å². The van der Waals surface area contributed by atoms with Crippen LogP contribution in [-0.4, -0.2) is 33.2 Å². The summed E-state index contributed by atoms with van der Waals surface area (Å²) in [6, 6.07) is 14.3. The van der Waals surface area contributed by atoms with Crippen LogP contribution in [0.4, 0.5) is 0 Å². The number of aliphatic hydroxyl groups is 1. The zero-order valence-electron chi connectivity index (χ0n) is 15.3. The summed E-state index contributed by atoms with van der Waals surface area (Å²) in [5.41, 5.74) is 2.98. The van der Waals surface area contributed by atoms with Crippen molar-refractivity contribution >= 4 is 34.2 Å². The maximum Gasteiger partial charge on any atom is 0.290 e. The van der Waals surface area contributed by atoms with Crippen molar-refractivity contribution in [1.29, 1.82) is 0 Å². The van der Waals surface area contributed by atoms with Crippen molar-refractivity contribution in [3.05, 3.63) is 82.2 Å². The van der Waals surface area contributed by atoms with E-state index in [2.05, 4.69) is 4.98 Å². The molecule has 1 amide bonds. The molecule has 28 heavy (non-hydrogen) atoms. The van der Waals surface area contributed by atoms with E-state index in [4.69, 9.17) is 11.6 Å². The molecule has 2 aromatic carbocycles. The number of para-hydroxylation sites is 1. The lowest BCUT2D eigenvalue weighted by atomic mass is 9.96. The number of carbonyl (C=O) groups is 2. The van der Waals surface area contributed by atoms with Crippen LogP contribution >= 0.6 is 11.6 Å². The zero-order valence-corrected chi connectivity index (χ0v) is 16.0. The van der Waals surface area contributed by atoms with Gasteiger partial charge in [-0.1, -0.05) is 41.9 Å². The molecule has 0 spiro atoms. The Kier molecular flexibility index (Phi) is 4.69. The van der Waals surface area contributed by atoms with Crippen molar-refractivity contribution < 1.29 is 14.7 Å². The van der Waals surface area contributed by atoms with Gasteiger partial charge in [0.25, 0.3) is 5.91 Å². The van der Waals surface area contributed by atoms with Gasteiger partial charge in [0.15, 0.2) is 11.5 Å². The van der Waals surface area contributed by atoms with Gasteiger partial charge in [0.2, 0.25) is 0 Å². The van der Waals surface area contributed by atoms with E-state index in [0.717, 1.165) is 22.0 Å². The Balaban J connectivity index is 1.67. The Morgan fingerprint density at radius 3 is 2.61 bits per heavy atom. The highest BCUT2D eigenvalue weighted by molar-refractivity contribution is 6.30. The van der Waals surface area contributed by atoms with Crippen LogP contribution in [0.5, 0.6) is 0 Å². The lowest BCUT2D eigenvalue weighted by Crippen LogP contribution is -2.32. The molecule has 0 fully saturated rings. The number of rotatable bonds is 5. The molecule has 2 N–H and O–H groups in total. The zero-order chi connectivity index (χ0) is 19.8. The van der Waals surface area contributed by atoms with Gasteiger partial charge >= 0.3 is 0 Å². The summed E-state index contributed by atoms with van der Waals surface area (Å²) in [5.74, 6) is -1.31. The molecular formula is C22H19ClN2O3. The van der Waals surface area contributed by atoms with E-state index in [0.29, 0.717) is 18.0 Å². The molecule has 0 radical (unpaired) electrons. The second-order valence-electron chi connectivity index (χ2n) is 6.88. The highest BCUT2D eigenvalue weighted by atomic mass is 35.5. The molecule has 0 saturated heterocycles. The summed E-state index contributed by atoms with van der Waals surface area (Å²) in [7, 11) is 0. The molecule has 4 rings (SSSR count). The second kappa shape index (κ2) is 7.17. The second-order valence-corrected chi connectivity index (χ2v) is 7.32. The number of H-pyrrole nitrogens is 1. The Morgan fingerprint density at radius 2 is 1.89 bits per heavy atom. The number of amides is 1. The van der Waals surface area contributed by atoms with Crippen molar-refractivity contribution in [1.82, 2.24) is 9.88 Å². The van der Waals surface area contributed by atoms with Crippen LogP contribution in [0.1, 0.15) is 24.1 Å². The highest BCUT2D eigenvalue weighted by Crippen LogP contribution is 2.38. The van der Waals surface area contributed by atoms with Crippen LogP contribution in [0, 0.1) is 0 Å². The Hall–Kier alpha value is -3.05. The maximum absolute atomic E-state index is 12.7. The molecule has 3 aromatic rings. The van der Waals surface area contributed by atoms with Gasteiger partial charge in [-0.2, -0.15) is 0 Å². The highest BCUT2D eigenvalue weighted by Gasteiger charge is 2.42. The SMILES string of the molecule is CC(=O)C1=C(O)C(=O)N(CCc2c[nH]c3ccccc23)[C@H]1c1ccc(Cl)cc1. The molecule has 6 heteroatoms. The monoisotopic (exact) mass is 394 g/mol. The van der Waals surface area contributed by atoms with Gasteiger partial charge in [-0.15, -0.1) is 0 Å². The first-order valence-electron chi connectivity index (χ1n) is 9.03. The molecule has 1 aromatic heterocycles. The minimum absolute atomic E-state index is 0.131. The molecule has 0 unspecified atom stereocenters. The lowest BCUT2D eigenvalue weighted by Gasteiger charge is -2.26. The van der Waals surface area contributed by atoms with Crippen LogP contribution < -0.4 is 0 Å². The number of Topliss-reactive ketones (excluding diaryl/α,β-unsaturated/α-hetero) is 1. The van der Waals surface area contributed by atoms with Gasteiger partial charge in [0.1, 0.15) is 0 Å². The first kappa shape index (κ1) is 18.3. The number of ketones is 1. The standard InChI is InChI=1S/C22H19ClN2O3/c1-13(26)19-20(14-6-8-16(23)9-7-14)25(22(28)21(19)27)11-10-15-12-24-18-5-3-2-4-17(15)18/h2-9,12,20,24,27H,10-11H2,1H3/t20-/m0/s1. The van der Waals surface area contributed by atoms with Gasteiger partial charge in [-0.05, 0) is 42.7 Å². The molecule has 2 heterocycles.